The molecule has 0 aliphatic carbocycles. The monoisotopic (exact) mass is 378 g/mol. The van der Waals surface area contributed by atoms with Crippen molar-refractivity contribution in [2.75, 3.05) is 20.2 Å². The van der Waals surface area contributed by atoms with Crippen LogP contribution in [-0.4, -0.2) is 47.7 Å². The van der Waals surface area contributed by atoms with Gasteiger partial charge in [-0.25, -0.2) is 0 Å². The van der Waals surface area contributed by atoms with Gasteiger partial charge in [0.2, 0.25) is 5.91 Å². The van der Waals surface area contributed by atoms with Gasteiger partial charge in [-0.3, -0.25) is 19.3 Å². The Morgan fingerprint density at radius 3 is 2.46 bits per heavy atom. The van der Waals surface area contributed by atoms with Crippen LogP contribution in [0.4, 0.5) is 0 Å². The zero-order valence-electron chi connectivity index (χ0n) is 15.8. The molecule has 0 bridgehead atoms. The first-order chi connectivity index (χ1) is 13.6. The van der Waals surface area contributed by atoms with Gasteiger partial charge in [0, 0.05) is 19.5 Å². The maximum absolute atomic E-state index is 12.9. The zero-order chi connectivity index (χ0) is 19.7. The van der Waals surface area contributed by atoms with Gasteiger partial charge in [-0.05, 0) is 42.7 Å². The summed E-state index contributed by atoms with van der Waals surface area (Å²) < 4.78 is 5.29. The van der Waals surface area contributed by atoms with E-state index in [1.165, 1.54) is 4.90 Å². The van der Waals surface area contributed by atoms with Crippen molar-refractivity contribution >= 4 is 17.7 Å². The smallest absolute Gasteiger partial charge is 0.261 e. The molecule has 0 saturated carbocycles. The second kappa shape index (κ2) is 7.46. The van der Waals surface area contributed by atoms with Crippen LogP contribution in [0.1, 0.15) is 51.6 Å². The minimum Gasteiger partial charge on any atom is -0.497 e. The molecule has 1 unspecified atom stereocenters. The van der Waals surface area contributed by atoms with E-state index >= 15 is 0 Å². The Kier molecular flexibility index (Phi) is 4.86. The summed E-state index contributed by atoms with van der Waals surface area (Å²) in [4.78, 5) is 40.8. The van der Waals surface area contributed by atoms with Crippen molar-refractivity contribution in [1.29, 1.82) is 0 Å². The first-order valence-electron chi connectivity index (χ1n) is 9.49. The lowest BCUT2D eigenvalue weighted by Crippen LogP contribution is -2.36. The Hall–Kier alpha value is -3.15. The Balaban J connectivity index is 1.44. The minimum absolute atomic E-state index is 0.00442. The number of likely N-dealkylation sites (tertiary alicyclic amines) is 1. The summed E-state index contributed by atoms with van der Waals surface area (Å²) in [5, 5.41) is 0. The number of hydrogen-bond donors (Lipinski definition) is 0. The number of carbonyl (C=O) groups is 3. The minimum atomic E-state index is -0.320. The lowest BCUT2D eigenvalue weighted by atomic mass is 10.0. The molecule has 0 N–H and O–H groups in total. The third-order valence-corrected chi connectivity index (χ3v) is 5.48. The van der Waals surface area contributed by atoms with E-state index in [9.17, 15) is 14.4 Å². The number of nitrogens with zero attached hydrogens (tertiary/aromatic N) is 2. The molecule has 6 nitrogen and oxygen atoms in total. The fourth-order valence-corrected chi connectivity index (χ4v) is 4.05. The third kappa shape index (κ3) is 3.15. The average molecular weight is 378 g/mol. The highest BCUT2D eigenvalue weighted by atomic mass is 16.5. The van der Waals surface area contributed by atoms with Crippen molar-refractivity contribution in [3.8, 4) is 5.75 Å². The van der Waals surface area contributed by atoms with Gasteiger partial charge in [-0.15, -0.1) is 0 Å². The maximum Gasteiger partial charge on any atom is 0.261 e. The summed E-state index contributed by atoms with van der Waals surface area (Å²) in [7, 11) is 1.62. The summed E-state index contributed by atoms with van der Waals surface area (Å²) >= 11 is 0. The van der Waals surface area contributed by atoms with Crippen LogP contribution in [0.3, 0.4) is 0 Å². The molecule has 144 valence electrons. The molecule has 2 heterocycles. The first kappa shape index (κ1) is 18.2. The van der Waals surface area contributed by atoms with Crippen molar-refractivity contribution in [2.45, 2.75) is 25.3 Å². The lowest BCUT2D eigenvalue weighted by Gasteiger charge is -2.26. The topological polar surface area (TPSA) is 66.9 Å². The number of amides is 3. The standard InChI is InChI=1S/C22H22N2O4/c1-28-16-7-4-6-15(14-16)19-10-5-12-23(19)20(25)11-13-24-21(26)17-8-2-3-9-18(17)22(24)27/h2-4,6-9,14,19H,5,10-13H2,1H3. The predicted octanol–water partition coefficient (Wildman–Crippen LogP) is 3.05. The Morgan fingerprint density at radius 1 is 1.07 bits per heavy atom. The van der Waals surface area contributed by atoms with Gasteiger partial charge < -0.3 is 9.64 Å². The lowest BCUT2D eigenvalue weighted by molar-refractivity contribution is -0.132. The molecule has 6 heteroatoms. The number of hydrogen-bond acceptors (Lipinski definition) is 4. The second-order valence-corrected chi connectivity index (χ2v) is 7.08. The molecule has 2 aliphatic rings. The van der Waals surface area contributed by atoms with Gasteiger partial charge in [-0.2, -0.15) is 0 Å². The molecule has 2 aliphatic heterocycles. The number of benzene rings is 2. The van der Waals surface area contributed by atoms with Crippen molar-refractivity contribution in [3.63, 3.8) is 0 Å². The molecular weight excluding hydrogens is 356 g/mol. The van der Waals surface area contributed by atoms with Gasteiger partial charge in [0.25, 0.3) is 11.8 Å². The van der Waals surface area contributed by atoms with Crippen molar-refractivity contribution in [3.05, 3.63) is 65.2 Å². The molecule has 0 spiro atoms. The van der Waals surface area contributed by atoms with E-state index in [-0.39, 0.29) is 36.7 Å². The fraction of sp³-hybridized carbons (Fsp3) is 0.318. The van der Waals surface area contributed by atoms with Gasteiger partial charge in [-0.1, -0.05) is 24.3 Å². The maximum atomic E-state index is 12.9. The van der Waals surface area contributed by atoms with Gasteiger partial charge in [0.05, 0.1) is 24.3 Å². The van der Waals surface area contributed by atoms with E-state index in [0.29, 0.717) is 17.7 Å². The number of imide groups is 1. The molecule has 1 saturated heterocycles. The highest BCUT2D eigenvalue weighted by molar-refractivity contribution is 6.21. The Morgan fingerprint density at radius 2 is 1.79 bits per heavy atom. The number of fused-ring (bicyclic) bond motifs is 1. The zero-order valence-corrected chi connectivity index (χ0v) is 15.8. The molecule has 2 aromatic carbocycles. The molecular formula is C22H22N2O4. The van der Waals surface area contributed by atoms with Crippen LogP contribution in [0.25, 0.3) is 0 Å². The van der Waals surface area contributed by atoms with Gasteiger partial charge in [0.15, 0.2) is 0 Å². The molecule has 0 radical (unpaired) electrons. The molecule has 2 aromatic rings. The molecule has 0 aromatic heterocycles. The van der Waals surface area contributed by atoms with Crippen molar-refractivity contribution < 1.29 is 19.1 Å². The summed E-state index contributed by atoms with van der Waals surface area (Å²) in [6, 6.07) is 14.5. The number of ether oxygens (including phenoxy) is 1. The van der Waals surface area contributed by atoms with Gasteiger partial charge >= 0.3 is 0 Å². The van der Waals surface area contributed by atoms with E-state index in [0.717, 1.165) is 24.2 Å². The van der Waals surface area contributed by atoms with Crippen LogP contribution in [0.5, 0.6) is 5.75 Å². The number of methoxy groups -OCH3 is 1. The molecule has 4 rings (SSSR count). The number of rotatable bonds is 5. The Labute approximate surface area is 163 Å². The highest BCUT2D eigenvalue weighted by Crippen LogP contribution is 2.34. The SMILES string of the molecule is COc1cccc(C2CCCN2C(=O)CCN2C(=O)c3ccccc3C2=O)c1. The van der Waals surface area contributed by atoms with Gasteiger partial charge in [0.1, 0.15) is 5.75 Å². The molecule has 28 heavy (non-hydrogen) atoms. The van der Waals surface area contributed by atoms with Crippen LogP contribution < -0.4 is 4.74 Å². The first-order valence-corrected chi connectivity index (χ1v) is 9.49. The van der Waals surface area contributed by atoms with Crippen molar-refractivity contribution in [1.82, 2.24) is 9.80 Å². The summed E-state index contributed by atoms with van der Waals surface area (Å²) in [6.07, 6.45) is 1.96. The largest absolute Gasteiger partial charge is 0.497 e. The predicted molar refractivity (Wildman–Crippen MR) is 103 cm³/mol. The molecule has 1 fully saturated rings. The van der Waals surface area contributed by atoms with Crippen LogP contribution in [0, 0.1) is 0 Å². The van der Waals surface area contributed by atoms with E-state index in [4.69, 9.17) is 4.74 Å². The molecule has 3 amide bonds. The van der Waals surface area contributed by atoms with E-state index in [1.54, 1.807) is 31.4 Å². The highest BCUT2D eigenvalue weighted by Gasteiger charge is 2.36. The van der Waals surface area contributed by atoms with E-state index in [1.807, 2.05) is 29.2 Å². The van der Waals surface area contributed by atoms with Crippen LogP contribution >= 0.6 is 0 Å². The Bertz CT molecular complexity index is 905. The van der Waals surface area contributed by atoms with E-state index < -0.39 is 0 Å². The number of carbonyl (C=O) groups excluding carboxylic acids is 3. The van der Waals surface area contributed by atoms with Crippen LogP contribution in [0.2, 0.25) is 0 Å². The van der Waals surface area contributed by atoms with E-state index in [2.05, 4.69) is 0 Å². The van der Waals surface area contributed by atoms with Crippen LogP contribution in [0.15, 0.2) is 48.5 Å². The van der Waals surface area contributed by atoms with Crippen molar-refractivity contribution in [2.24, 2.45) is 0 Å². The molecule has 1 atom stereocenters. The quantitative estimate of drug-likeness (QED) is 0.750. The second-order valence-electron chi connectivity index (χ2n) is 7.08. The normalized spacial score (nSPS) is 18.5. The summed E-state index contributed by atoms with van der Waals surface area (Å²) in [6.45, 7) is 0.787. The van der Waals surface area contributed by atoms with Crippen LogP contribution in [-0.2, 0) is 4.79 Å². The fourth-order valence-electron chi connectivity index (χ4n) is 4.05. The summed E-state index contributed by atoms with van der Waals surface area (Å²) in [5.41, 5.74) is 1.87. The third-order valence-electron chi connectivity index (χ3n) is 5.48. The average Bonchev–Trinajstić information content (AvgIpc) is 3.31. The summed E-state index contributed by atoms with van der Waals surface area (Å²) in [5.74, 6) is 0.0861.